The highest BCUT2D eigenvalue weighted by Crippen LogP contribution is 2.32. The lowest BCUT2D eigenvalue weighted by molar-refractivity contribution is 0.390. The van der Waals surface area contributed by atoms with E-state index in [2.05, 4.69) is 30.3 Å². The zero-order valence-corrected chi connectivity index (χ0v) is 12.7. The second kappa shape index (κ2) is 6.08. The maximum absolute atomic E-state index is 6.45. The average Bonchev–Trinajstić information content (AvgIpc) is 2.60. The third-order valence-corrected chi connectivity index (χ3v) is 3.91. The van der Waals surface area contributed by atoms with Crippen LogP contribution < -0.4 is 15.2 Å². The van der Waals surface area contributed by atoms with Crippen molar-refractivity contribution in [3.05, 3.63) is 71.8 Å². The first kappa shape index (κ1) is 14.4. The molecule has 0 radical (unpaired) electrons. The van der Waals surface area contributed by atoms with E-state index in [0.717, 1.165) is 22.6 Å². The summed E-state index contributed by atoms with van der Waals surface area (Å²) >= 11 is 0. The average molecular weight is 293 g/mol. The summed E-state index contributed by atoms with van der Waals surface area (Å²) in [6.07, 6.45) is 0. The van der Waals surface area contributed by atoms with Gasteiger partial charge in [0.2, 0.25) is 0 Å². The van der Waals surface area contributed by atoms with E-state index in [1.165, 1.54) is 10.8 Å². The Morgan fingerprint density at radius 2 is 1.59 bits per heavy atom. The lowest BCUT2D eigenvalue weighted by atomic mass is 9.96. The minimum Gasteiger partial charge on any atom is -0.497 e. The summed E-state index contributed by atoms with van der Waals surface area (Å²) in [5.74, 6) is 1.49. The Balaban J connectivity index is 2.03. The van der Waals surface area contributed by atoms with Crippen molar-refractivity contribution in [2.75, 3.05) is 14.2 Å². The smallest absolute Gasteiger partial charge is 0.127 e. The topological polar surface area (TPSA) is 44.5 Å². The molecule has 0 fully saturated rings. The lowest BCUT2D eigenvalue weighted by Gasteiger charge is -2.17. The van der Waals surface area contributed by atoms with Crippen LogP contribution >= 0.6 is 0 Å². The molecule has 0 aliphatic carbocycles. The number of benzene rings is 3. The number of hydrogen-bond acceptors (Lipinski definition) is 3. The van der Waals surface area contributed by atoms with Crippen LogP contribution in [-0.4, -0.2) is 14.2 Å². The van der Waals surface area contributed by atoms with E-state index in [0.29, 0.717) is 0 Å². The van der Waals surface area contributed by atoms with Crippen LogP contribution in [0, 0.1) is 0 Å². The minimum absolute atomic E-state index is 0.245. The Morgan fingerprint density at radius 1 is 0.818 bits per heavy atom. The Morgan fingerprint density at radius 3 is 2.32 bits per heavy atom. The van der Waals surface area contributed by atoms with Gasteiger partial charge in [0.15, 0.2) is 0 Å². The van der Waals surface area contributed by atoms with Crippen molar-refractivity contribution in [3.63, 3.8) is 0 Å². The fraction of sp³-hybridized carbons (Fsp3) is 0.158. The molecule has 0 aliphatic heterocycles. The van der Waals surface area contributed by atoms with Crippen LogP contribution in [0.1, 0.15) is 17.2 Å². The molecule has 2 N–H and O–H groups in total. The van der Waals surface area contributed by atoms with E-state index in [1.54, 1.807) is 14.2 Å². The van der Waals surface area contributed by atoms with Crippen molar-refractivity contribution in [1.82, 2.24) is 0 Å². The molecule has 3 rings (SSSR count). The molecule has 0 heterocycles. The Hall–Kier alpha value is -2.52. The van der Waals surface area contributed by atoms with Crippen LogP contribution in [0.2, 0.25) is 0 Å². The molecule has 0 saturated heterocycles. The summed E-state index contributed by atoms with van der Waals surface area (Å²) < 4.78 is 10.7. The van der Waals surface area contributed by atoms with Gasteiger partial charge in [-0.2, -0.15) is 0 Å². The van der Waals surface area contributed by atoms with Gasteiger partial charge in [-0.25, -0.2) is 0 Å². The zero-order valence-electron chi connectivity index (χ0n) is 12.7. The lowest BCUT2D eigenvalue weighted by Crippen LogP contribution is -2.13. The molecule has 112 valence electrons. The van der Waals surface area contributed by atoms with Crippen LogP contribution in [0.15, 0.2) is 60.7 Å². The van der Waals surface area contributed by atoms with Crippen LogP contribution in [0.4, 0.5) is 0 Å². The summed E-state index contributed by atoms with van der Waals surface area (Å²) in [6.45, 7) is 0. The number of fused-ring (bicyclic) bond motifs is 1. The summed E-state index contributed by atoms with van der Waals surface area (Å²) in [5, 5.41) is 2.39. The maximum atomic E-state index is 6.45. The van der Waals surface area contributed by atoms with Crippen LogP contribution in [0.25, 0.3) is 10.8 Å². The van der Waals surface area contributed by atoms with Gasteiger partial charge in [0.05, 0.1) is 20.3 Å². The second-order valence-electron chi connectivity index (χ2n) is 5.19. The predicted octanol–water partition coefficient (Wildman–Crippen LogP) is 3.91. The molecule has 0 spiro atoms. The third-order valence-electron chi connectivity index (χ3n) is 3.91. The molecule has 22 heavy (non-hydrogen) atoms. The first-order valence-electron chi connectivity index (χ1n) is 7.19. The summed E-state index contributed by atoms with van der Waals surface area (Å²) in [6, 6.07) is 20.0. The fourth-order valence-corrected chi connectivity index (χ4v) is 2.66. The molecule has 3 aromatic rings. The SMILES string of the molecule is COc1ccc(C(N)c2ccc3ccccc3c2)c(OC)c1. The normalized spacial score (nSPS) is 12.1. The van der Waals surface area contributed by atoms with Gasteiger partial charge in [-0.05, 0) is 34.5 Å². The molecule has 3 aromatic carbocycles. The van der Waals surface area contributed by atoms with Gasteiger partial charge in [-0.1, -0.05) is 36.4 Å². The van der Waals surface area contributed by atoms with E-state index >= 15 is 0 Å². The molecule has 1 unspecified atom stereocenters. The number of ether oxygens (including phenoxy) is 2. The van der Waals surface area contributed by atoms with Crippen molar-refractivity contribution < 1.29 is 9.47 Å². The predicted molar refractivity (Wildman–Crippen MR) is 89.5 cm³/mol. The highest BCUT2D eigenvalue weighted by molar-refractivity contribution is 5.83. The number of methoxy groups -OCH3 is 2. The summed E-state index contributed by atoms with van der Waals surface area (Å²) in [7, 11) is 3.28. The fourth-order valence-electron chi connectivity index (χ4n) is 2.66. The quantitative estimate of drug-likeness (QED) is 0.793. The van der Waals surface area contributed by atoms with Gasteiger partial charge in [0.25, 0.3) is 0 Å². The van der Waals surface area contributed by atoms with E-state index in [1.807, 2.05) is 30.3 Å². The maximum Gasteiger partial charge on any atom is 0.127 e. The van der Waals surface area contributed by atoms with Crippen LogP contribution in [0.3, 0.4) is 0 Å². The van der Waals surface area contributed by atoms with Crippen molar-refractivity contribution >= 4 is 10.8 Å². The van der Waals surface area contributed by atoms with Gasteiger partial charge in [-0.15, -0.1) is 0 Å². The summed E-state index contributed by atoms with van der Waals surface area (Å²) in [4.78, 5) is 0. The largest absolute Gasteiger partial charge is 0.497 e. The van der Waals surface area contributed by atoms with Crippen molar-refractivity contribution in [2.45, 2.75) is 6.04 Å². The monoisotopic (exact) mass is 293 g/mol. The second-order valence-corrected chi connectivity index (χ2v) is 5.19. The van der Waals surface area contributed by atoms with E-state index < -0.39 is 0 Å². The molecule has 3 heteroatoms. The minimum atomic E-state index is -0.245. The molecular weight excluding hydrogens is 274 g/mol. The van der Waals surface area contributed by atoms with Crippen molar-refractivity contribution in [1.29, 1.82) is 0 Å². The first-order chi connectivity index (χ1) is 10.7. The molecule has 1 atom stereocenters. The highest BCUT2D eigenvalue weighted by Gasteiger charge is 2.15. The van der Waals surface area contributed by atoms with Gasteiger partial charge in [-0.3, -0.25) is 0 Å². The van der Waals surface area contributed by atoms with Crippen LogP contribution in [0.5, 0.6) is 11.5 Å². The first-order valence-corrected chi connectivity index (χ1v) is 7.19. The van der Waals surface area contributed by atoms with E-state index in [4.69, 9.17) is 15.2 Å². The van der Waals surface area contributed by atoms with Gasteiger partial charge in [0, 0.05) is 11.6 Å². The molecular formula is C19H19NO2. The number of hydrogen-bond donors (Lipinski definition) is 1. The van der Waals surface area contributed by atoms with Crippen molar-refractivity contribution in [3.8, 4) is 11.5 Å². The Bertz CT molecular complexity index is 798. The van der Waals surface area contributed by atoms with Gasteiger partial charge >= 0.3 is 0 Å². The molecule has 0 amide bonds. The van der Waals surface area contributed by atoms with Crippen molar-refractivity contribution in [2.24, 2.45) is 5.73 Å². The molecule has 0 bridgehead atoms. The number of rotatable bonds is 4. The number of nitrogens with two attached hydrogens (primary N) is 1. The molecule has 0 aromatic heterocycles. The van der Waals surface area contributed by atoms with E-state index in [-0.39, 0.29) is 6.04 Å². The third kappa shape index (κ3) is 2.63. The highest BCUT2D eigenvalue weighted by atomic mass is 16.5. The molecule has 0 aliphatic rings. The molecule has 3 nitrogen and oxygen atoms in total. The molecule has 0 saturated carbocycles. The van der Waals surface area contributed by atoms with Crippen LogP contribution in [-0.2, 0) is 0 Å². The van der Waals surface area contributed by atoms with E-state index in [9.17, 15) is 0 Å². The Kier molecular flexibility index (Phi) is 3.98. The Labute approximate surface area is 130 Å². The van der Waals surface area contributed by atoms with Gasteiger partial charge in [0.1, 0.15) is 11.5 Å². The zero-order chi connectivity index (χ0) is 15.5. The standard InChI is InChI=1S/C19H19NO2/c1-21-16-9-10-17(18(12-16)22-2)19(20)15-8-7-13-5-3-4-6-14(13)11-15/h3-12,19H,20H2,1-2H3. The van der Waals surface area contributed by atoms with Gasteiger partial charge < -0.3 is 15.2 Å². The summed E-state index contributed by atoms with van der Waals surface area (Å²) in [5.41, 5.74) is 8.46.